The van der Waals surface area contributed by atoms with E-state index in [1.54, 1.807) is 0 Å². The molecule has 0 aromatic carbocycles. The number of rotatable bonds is 0. The van der Waals surface area contributed by atoms with Crippen molar-refractivity contribution in [2.24, 2.45) is 5.73 Å². The molecule has 2 bridgehead atoms. The van der Waals surface area contributed by atoms with Crippen LogP contribution < -0.4 is 5.73 Å². The Bertz CT molecular complexity index is 129. The van der Waals surface area contributed by atoms with Gasteiger partial charge in [-0.25, -0.2) is 0 Å². The molecule has 3 rings (SSSR count). The molecule has 0 radical (unpaired) electrons. The molecular weight excluding hydrogens is 213 g/mol. The van der Waals surface area contributed by atoms with Crippen molar-refractivity contribution in [1.29, 1.82) is 0 Å². The summed E-state index contributed by atoms with van der Waals surface area (Å²) >= 11 is 3.71. The van der Waals surface area contributed by atoms with Gasteiger partial charge in [0.1, 0.15) is 0 Å². The van der Waals surface area contributed by atoms with Crippen LogP contribution in [0, 0.1) is 0 Å². The molecule has 3 aliphatic carbocycles. The van der Waals surface area contributed by atoms with Crippen molar-refractivity contribution in [3.8, 4) is 0 Å². The molecule has 0 spiro atoms. The van der Waals surface area contributed by atoms with Gasteiger partial charge in [-0.15, -0.1) is 12.4 Å². The minimum atomic E-state index is 0. The highest BCUT2D eigenvalue weighted by Gasteiger charge is 2.53. The lowest BCUT2D eigenvalue weighted by Gasteiger charge is -2.56. The molecule has 10 heavy (non-hydrogen) atoms. The summed E-state index contributed by atoms with van der Waals surface area (Å²) in [5.74, 6) is 0. The first-order chi connectivity index (χ1) is 4.12. The molecule has 3 fully saturated rings. The molecule has 2 N–H and O–H groups in total. The molecule has 3 aliphatic rings. The summed E-state index contributed by atoms with van der Waals surface area (Å²) in [5, 5.41) is 0. The van der Waals surface area contributed by atoms with E-state index in [1.807, 2.05) is 0 Å². The number of nitrogens with two attached hydrogens (primary N) is 1. The minimum Gasteiger partial charge on any atom is -0.325 e. The second-order valence-corrected chi connectivity index (χ2v) is 5.40. The summed E-state index contributed by atoms with van der Waals surface area (Å²) < 4.78 is 0.472. The standard InChI is InChI=1S/C7H12BrN.ClH/c8-6-2-1-3-7(9,4-6)5-6;/h1-5,9H2;1H. The number of hydrogen-bond acceptors (Lipinski definition) is 1. The zero-order valence-corrected chi connectivity index (χ0v) is 8.30. The molecule has 0 unspecified atom stereocenters. The van der Waals surface area contributed by atoms with Gasteiger partial charge in [0.05, 0.1) is 0 Å². The van der Waals surface area contributed by atoms with Crippen molar-refractivity contribution in [3.63, 3.8) is 0 Å². The summed E-state index contributed by atoms with van der Waals surface area (Å²) in [7, 11) is 0. The van der Waals surface area contributed by atoms with E-state index in [0.717, 1.165) is 0 Å². The van der Waals surface area contributed by atoms with Crippen molar-refractivity contribution in [2.45, 2.75) is 42.0 Å². The van der Waals surface area contributed by atoms with E-state index in [2.05, 4.69) is 15.9 Å². The largest absolute Gasteiger partial charge is 0.325 e. The molecule has 0 saturated heterocycles. The van der Waals surface area contributed by atoms with E-state index in [-0.39, 0.29) is 17.9 Å². The Labute approximate surface area is 76.3 Å². The molecule has 3 saturated carbocycles. The van der Waals surface area contributed by atoms with Gasteiger partial charge in [0, 0.05) is 9.86 Å². The van der Waals surface area contributed by atoms with Crippen molar-refractivity contribution in [1.82, 2.24) is 0 Å². The minimum absolute atomic E-state index is 0. The quantitative estimate of drug-likeness (QED) is 0.630. The Morgan fingerprint density at radius 3 is 2.10 bits per heavy atom. The molecular formula is C7H13BrClN. The fraction of sp³-hybridized carbons (Fsp3) is 1.00. The van der Waals surface area contributed by atoms with Gasteiger partial charge in [0.15, 0.2) is 0 Å². The Hall–Kier alpha value is 0.730. The maximum atomic E-state index is 6.00. The van der Waals surface area contributed by atoms with Crippen LogP contribution in [-0.2, 0) is 0 Å². The third-order valence-corrected chi connectivity index (χ3v) is 3.59. The molecule has 60 valence electrons. The van der Waals surface area contributed by atoms with Crippen molar-refractivity contribution >= 4 is 28.3 Å². The van der Waals surface area contributed by atoms with Crippen LogP contribution in [0.2, 0.25) is 0 Å². The number of fused-ring (bicyclic) bond motifs is 2. The van der Waals surface area contributed by atoms with Crippen molar-refractivity contribution in [3.05, 3.63) is 0 Å². The highest BCUT2D eigenvalue weighted by Crippen LogP contribution is 2.55. The summed E-state index contributed by atoms with van der Waals surface area (Å²) in [5.41, 5.74) is 6.24. The van der Waals surface area contributed by atoms with Crippen LogP contribution in [0.1, 0.15) is 32.1 Å². The van der Waals surface area contributed by atoms with Crippen LogP contribution in [0.25, 0.3) is 0 Å². The summed E-state index contributed by atoms with van der Waals surface area (Å²) in [6.45, 7) is 0. The fourth-order valence-corrected chi connectivity index (χ4v) is 3.72. The van der Waals surface area contributed by atoms with E-state index in [0.29, 0.717) is 4.32 Å². The van der Waals surface area contributed by atoms with Gasteiger partial charge in [0.25, 0.3) is 0 Å². The van der Waals surface area contributed by atoms with E-state index in [9.17, 15) is 0 Å². The van der Waals surface area contributed by atoms with Gasteiger partial charge in [0.2, 0.25) is 0 Å². The predicted octanol–water partition coefficient (Wildman–Crippen LogP) is 2.22. The normalized spacial score (nSPS) is 51.0. The predicted molar refractivity (Wildman–Crippen MR) is 48.9 cm³/mol. The van der Waals surface area contributed by atoms with Crippen LogP contribution >= 0.6 is 28.3 Å². The first kappa shape index (κ1) is 8.82. The highest BCUT2D eigenvalue weighted by molar-refractivity contribution is 9.10. The molecule has 0 amide bonds. The summed E-state index contributed by atoms with van der Waals surface area (Å²) in [4.78, 5) is 0. The molecule has 3 heteroatoms. The lowest BCUT2D eigenvalue weighted by molar-refractivity contribution is 0.113. The number of alkyl halides is 1. The zero-order valence-electron chi connectivity index (χ0n) is 5.90. The van der Waals surface area contributed by atoms with Crippen LogP contribution in [0.4, 0.5) is 0 Å². The van der Waals surface area contributed by atoms with E-state index in [4.69, 9.17) is 5.73 Å². The summed E-state index contributed by atoms with van der Waals surface area (Å²) in [6.07, 6.45) is 6.33. The third kappa shape index (κ3) is 1.21. The first-order valence-electron chi connectivity index (χ1n) is 3.60. The molecule has 0 aromatic rings. The van der Waals surface area contributed by atoms with E-state index in [1.165, 1.54) is 32.1 Å². The Kier molecular flexibility index (Phi) is 2.08. The number of hydrogen-bond donors (Lipinski definition) is 1. The average molecular weight is 227 g/mol. The smallest absolute Gasteiger partial charge is 0.0292 e. The van der Waals surface area contributed by atoms with E-state index >= 15 is 0 Å². The SMILES string of the molecule is Cl.NC12CCCC(Br)(C1)C2. The second-order valence-electron chi connectivity index (χ2n) is 3.72. The van der Waals surface area contributed by atoms with Crippen LogP contribution in [0.3, 0.4) is 0 Å². The number of halogens is 2. The van der Waals surface area contributed by atoms with Gasteiger partial charge in [-0.2, -0.15) is 0 Å². The lowest BCUT2D eigenvalue weighted by atomic mass is 9.60. The fourth-order valence-electron chi connectivity index (χ4n) is 2.32. The highest BCUT2D eigenvalue weighted by atomic mass is 79.9. The van der Waals surface area contributed by atoms with Gasteiger partial charge in [-0.3, -0.25) is 0 Å². The van der Waals surface area contributed by atoms with Crippen LogP contribution in [-0.4, -0.2) is 9.86 Å². The monoisotopic (exact) mass is 225 g/mol. The van der Waals surface area contributed by atoms with Crippen molar-refractivity contribution < 1.29 is 0 Å². The topological polar surface area (TPSA) is 26.0 Å². The maximum Gasteiger partial charge on any atom is 0.0292 e. The Morgan fingerprint density at radius 2 is 1.80 bits per heavy atom. The Morgan fingerprint density at radius 1 is 1.20 bits per heavy atom. The van der Waals surface area contributed by atoms with Gasteiger partial charge < -0.3 is 5.73 Å². The average Bonchev–Trinajstić information content (AvgIpc) is 1.59. The Balaban J connectivity index is 0.000000500. The molecule has 0 aromatic heterocycles. The molecule has 0 aliphatic heterocycles. The van der Waals surface area contributed by atoms with Gasteiger partial charge in [-0.1, -0.05) is 22.4 Å². The van der Waals surface area contributed by atoms with Crippen molar-refractivity contribution in [2.75, 3.05) is 0 Å². The van der Waals surface area contributed by atoms with Crippen LogP contribution in [0.15, 0.2) is 0 Å². The molecule has 0 atom stereocenters. The summed E-state index contributed by atoms with van der Waals surface area (Å²) in [6, 6.07) is 0. The first-order valence-corrected chi connectivity index (χ1v) is 4.39. The lowest BCUT2D eigenvalue weighted by Crippen LogP contribution is -2.62. The second kappa shape index (κ2) is 2.36. The van der Waals surface area contributed by atoms with E-state index < -0.39 is 0 Å². The van der Waals surface area contributed by atoms with Crippen LogP contribution in [0.5, 0.6) is 0 Å². The van der Waals surface area contributed by atoms with Gasteiger partial charge >= 0.3 is 0 Å². The third-order valence-electron chi connectivity index (χ3n) is 2.64. The maximum absolute atomic E-state index is 6.00. The zero-order chi connectivity index (χ0) is 6.54. The molecule has 1 nitrogen and oxygen atoms in total. The molecule has 0 heterocycles. The van der Waals surface area contributed by atoms with Gasteiger partial charge in [-0.05, 0) is 25.7 Å².